The minimum atomic E-state index is -3.78. The van der Waals surface area contributed by atoms with Crippen molar-refractivity contribution in [1.82, 2.24) is 4.31 Å². The molecule has 0 amide bonds. The lowest BCUT2D eigenvalue weighted by molar-refractivity contribution is -0.00770. The molecule has 0 atom stereocenters. The first-order valence-electron chi connectivity index (χ1n) is 6.34. The van der Waals surface area contributed by atoms with Gasteiger partial charge >= 0.3 is 0 Å². The van der Waals surface area contributed by atoms with E-state index in [-0.39, 0.29) is 22.3 Å². The van der Waals surface area contributed by atoms with Crippen molar-refractivity contribution in [2.45, 2.75) is 30.2 Å². The normalized spacial score (nSPS) is 19.7. The Bertz CT molecular complexity index is 646. The van der Waals surface area contributed by atoms with Crippen LogP contribution in [0.5, 0.6) is 0 Å². The summed E-state index contributed by atoms with van der Waals surface area (Å²) in [5.41, 5.74) is -0.153. The molecule has 2 rings (SSSR count). The van der Waals surface area contributed by atoms with Crippen LogP contribution >= 0.6 is 34.8 Å². The van der Waals surface area contributed by atoms with Gasteiger partial charge in [-0.25, -0.2) is 8.42 Å². The maximum atomic E-state index is 12.9. The van der Waals surface area contributed by atoms with Crippen molar-refractivity contribution in [2.75, 3.05) is 19.8 Å². The molecule has 1 saturated heterocycles. The molecule has 1 aliphatic rings. The summed E-state index contributed by atoms with van der Waals surface area (Å²) in [4.78, 5) is -0.0118. The molecule has 0 N–H and O–H groups in total. The zero-order valence-corrected chi connectivity index (χ0v) is 14.8. The summed E-state index contributed by atoms with van der Waals surface area (Å²) in [5.74, 6) is 0.0917. The number of hydrogen-bond donors (Lipinski definition) is 0. The molecule has 1 aromatic rings. The van der Waals surface area contributed by atoms with Gasteiger partial charge in [-0.2, -0.15) is 4.31 Å². The van der Waals surface area contributed by atoms with E-state index in [1.54, 1.807) is 6.07 Å². The number of benzene rings is 1. The third-order valence-electron chi connectivity index (χ3n) is 3.36. The number of alkyl halides is 1. The number of ether oxygens (including phenoxy) is 1. The second kappa shape index (κ2) is 6.22. The summed E-state index contributed by atoms with van der Waals surface area (Å²) in [6.45, 7) is 4.57. The highest BCUT2D eigenvalue weighted by molar-refractivity contribution is 7.89. The molecule has 1 fully saturated rings. The van der Waals surface area contributed by atoms with Gasteiger partial charge in [-0.15, -0.1) is 11.6 Å². The highest BCUT2D eigenvalue weighted by atomic mass is 35.5. The summed E-state index contributed by atoms with van der Waals surface area (Å²) >= 11 is 18.0. The molecule has 21 heavy (non-hydrogen) atoms. The Morgan fingerprint density at radius 3 is 2.57 bits per heavy atom. The van der Waals surface area contributed by atoms with Gasteiger partial charge in [0.05, 0.1) is 23.8 Å². The van der Waals surface area contributed by atoms with Gasteiger partial charge in [-0.05, 0) is 31.5 Å². The quantitative estimate of drug-likeness (QED) is 0.763. The van der Waals surface area contributed by atoms with E-state index in [0.717, 1.165) is 0 Å². The van der Waals surface area contributed by atoms with Crippen molar-refractivity contribution in [3.63, 3.8) is 0 Å². The van der Waals surface area contributed by atoms with Crippen LogP contribution in [0.25, 0.3) is 0 Å². The molecular weight excluding hydrogens is 357 g/mol. The molecule has 1 aliphatic heterocycles. The predicted molar refractivity (Wildman–Crippen MR) is 84.8 cm³/mol. The Morgan fingerprint density at radius 1 is 1.33 bits per heavy atom. The van der Waals surface area contributed by atoms with E-state index in [9.17, 15) is 8.42 Å². The zero-order valence-electron chi connectivity index (χ0n) is 11.7. The van der Waals surface area contributed by atoms with Crippen LogP contribution in [0, 0.1) is 0 Å². The van der Waals surface area contributed by atoms with E-state index in [4.69, 9.17) is 39.5 Å². The molecule has 0 unspecified atom stereocenters. The van der Waals surface area contributed by atoms with E-state index in [0.29, 0.717) is 23.8 Å². The smallest absolute Gasteiger partial charge is 0.245 e. The number of rotatable bonds is 3. The van der Waals surface area contributed by atoms with E-state index in [1.165, 1.54) is 10.4 Å². The van der Waals surface area contributed by atoms with Gasteiger partial charge < -0.3 is 4.74 Å². The molecule has 1 aromatic carbocycles. The molecular formula is C13H16Cl3NO3S. The van der Waals surface area contributed by atoms with Crippen LogP contribution in [0.4, 0.5) is 0 Å². The number of sulfonamides is 1. The number of halogens is 3. The highest BCUT2D eigenvalue weighted by Gasteiger charge is 2.40. The van der Waals surface area contributed by atoms with Crippen LogP contribution in [0.2, 0.25) is 10.0 Å². The molecule has 0 aromatic heterocycles. The van der Waals surface area contributed by atoms with Crippen LogP contribution in [-0.2, 0) is 20.6 Å². The van der Waals surface area contributed by atoms with E-state index < -0.39 is 15.6 Å². The monoisotopic (exact) mass is 371 g/mol. The molecule has 0 aliphatic carbocycles. The SMILES string of the molecule is CC1(C)COCCN1S(=O)(=O)c1cc(Cl)cc(CCl)c1Cl. The second-order valence-corrected chi connectivity index (χ2v) is 8.37. The van der Waals surface area contributed by atoms with Crippen molar-refractivity contribution < 1.29 is 13.2 Å². The third kappa shape index (κ3) is 3.33. The summed E-state index contributed by atoms with van der Waals surface area (Å²) in [7, 11) is -3.78. The fourth-order valence-electron chi connectivity index (χ4n) is 2.31. The van der Waals surface area contributed by atoms with Crippen molar-refractivity contribution >= 4 is 44.8 Å². The van der Waals surface area contributed by atoms with Crippen LogP contribution in [0.3, 0.4) is 0 Å². The van der Waals surface area contributed by atoms with Crippen LogP contribution in [0.15, 0.2) is 17.0 Å². The predicted octanol–water partition coefficient (Wildman–Crippen LogP) is 3.53. The van der Waals surface area contributed by atoms with Gasteiger partial charge in [0.15, 0.2) is 0 Å². The minimum absolute atomic E-state index is 0.0118. The first-order valence-corrected chi connectivity index (χ1v) is 9.07. The average Bonchev–Trinajstić information content (AvgIpc) is 2.40. The maximum Gasteiger partial charge on any atom is 0.245 e. The summed E-state index contributed by atoms with van der Waals surface area (Å²) in [6.07, 6.45) is 0. The first-order chi connectivity index (χ1) is 9.70. The molecule has 0 spiro atoms. The van der Waals surface area contributed by atoms with Gasteiger partial charge in [-0.1, -0.05) is 23.2 Å². The fraction of sp³-hybridized carbons (Fsp3) is 0.538. The summed E-state index contributed by atoms with van der Waals surface area (Å²) < 4.78 is 32.6. The standard InChI is InChI=1S/C13H16Cl3NO3S/c1-13(2)8-20-4-3-17(13)21(18,19)11-6-10(15)5-9(7-14)12(11)16/h5-6H,3-4,7-8H2,1-2H3. The van der Waals surface area contributed by atoms with Gasteiger partial charge in [0.25, 0.3) is 0 Å². The van der Waals surface area contributed by atoms with Gasteiger partial charge in [0.1, 0.15) is 4.90 Å². The van der Waals surface area contributed by atoms with Crippen LogP contribution in [0.1, 0.15) is 19.4 Å². The molecule has 0 bridgehead atoms. The first kappa shape index (κ1) is 17.3. The molecule has 118 valence electrons. The minimum Gasteiger partial charge on any atom is -0.378 e. The van der Waals surface area contributed by atoms with Crippen molar-refractivity contribution in [1.29, 1.82) is 0 Å². The van der Waals surface area contributed by atoms with Crippen molar-refractivity contribution in [2.24, 2.45) is 0 Å². The van der Waals surface area contributed by atoms with Gasteiger partial charge in [0.2, 0.25) is 10.0 Å². The lowest BCUT2D eigenvalue weighted by atomic mass is 10.1. The molecule has 0 radical (unpaired) electrons. The Morgan fingerprint density at radius 2 is 2.00 bits per heavy atom. The Labute approximate surface area is 140 Å². The van der Waals surface area contributed by atoms with E-state index in [1.807, 2.05) is 13.8 Å². The Kier molecular flexibility index (Phi) is 5.13. The molecule has 0 saturated carbocycles. The van der Waals surface area contributed by atoms with E-state index in [2.05, 4.69) is 0 Å². The number of morpholine rings is 1. The Balaban J connectivity index is 2.56. The molecule has 4 nitrogen and oxygen atoms in total. The number of hydrogen-bond acceptors (Lipinski definition) is 3. The maximum absolute atomic E-state index is 12.9. The Hall–Kier alpha value is -0.0400. The van der Waals surface area contributed by atoms with Gasteiger partial charge in [0, 0.05) is 17.4 Å². The lowest BCUT2D eigenvalue weighted by Crippen LogP contribution is -2.55. The fourth-order valence-corrected chi connectivity index (χ4v) is 5.25. The van der Waals surface area contributed by atoms with E-state index >= 15 is 0 Å². The van der Waals surface area contributed by atoms with Crippen LogP contribution in [-0.4, -0.2) is 38.0 Å². The second-order valence-electron chi connectivity index (χ2n) is 5.45. The topological polar surface area (TPSA) is 46.6 Å². The number of nitrogens with zero attached hydrogens (tertiary/aromatic N) is 1. The highest BCUT2D eigenvalue weighted by Crippen LogP contribution is 2.35. The lowest BCUT2D eigenvalue weighted by Gasteiger charge is -2.40. The zero-order chi connectivity index (χ0) is 15.8. The summed E-state index contributed by atoms with van der Waals surface area (Å²) in [5, 5.41) is 0.413. The van der Waals surface area contributed by atoms with Crippen molar-refractivity contribution in [3.05, 3.63) is 27.7 Å². The molecule has 1 heterocycles. The largest absolute Gasteiger partial charge is 0.378 e. The average molecular weight is 373 g/mol. The summed E-state index contributed by atoms with van der Waals surface area (Å²) in [6, 6.07) is 2.93. The molecule has 8 heteroatoms. The van der Waals surface area contributed by atoms with Crippen LogP contribution < -0.4 is 0 Å². The van der Waals surface area contributed by atoms with Crippen molar-refractivity contribution in [3.8, 4) is 0 Å². The third-order valence-corrected chi connectivity index (χ3v) is 6.56. The van der Waals surface area contributed by atoms with Gasteiger partial charge in [-0.3, -0.25) is 0 Å².